The number of nitrogens with two attached hydrogens (primary N) is 2. The topological polar surface area (TPSA) is 64.1 Å². The van der Waals surface area contributed by atoms with E-state index in [0.29, 0.717) is 6.42 Å². The molecule has 0 spiro atoms. The van der Waals surface area contributed by atoms with E-state index in [0.717, 1.165) is 13.1 Å². The molecular formula is C8H21N3O+2. The first kappa shape index (κ1) is 11.4. The highest BCUT2D eigenvalue weighted by atomic mass is 16.1. The maximum atomic E-state index is 10.3. The van der Waals surface area contributed by atoms with Gasteiger partial charge < -0.3 is 16.0 Å². The average molecular weight is 175 g/mol. The smallest absolute Gasteiger partial charge is 0.223 e. The Hall–Kier alpha value is -0.610. The summed E-state index contributed by atoms with van der Waals surface area (Å²) in [6, 6.07) is 0. The second kappa shape index (κ2) is 7.06. The van der Waals surface area contributed by atoms with Gasteiger partial charge in [-0.05, 0) is 0 Å². The highest BCUT2D eigenvalue weighted by Crippen LogP contribution is 1.66. The molecule has 0 aliphatic carbocycles. The molecule has 0 aromatic carbocycles. The molecule has 0 rings (SSSR count). The summed E-state index contributed by atoms with van der Waals surface area (Å²) in [5.41, 5.74) is 4.99. The van der Waals surface area contributed by atoms with Crippen LogP contribution in [0.1, 0.15) is 12.8 Å². The van der Waals surface area contributed by atoms with E-state index in [1.165, 1.54) is 17.9 Å². The SMILES string of the molecule is C[NH+](C)CCC[NH2+]CCC(N)=O. The molecule has 0 aliphatic heterocycles. The maximum absolute atomic E-state index is 10.3. The molecular weight excluding hydrogens is 154 g/mol. The quantitative estimate of drug-likeness (QED) is 0.354. The predicted octanol–water partition coefficient (Wildman–Crippen LogP) is -3.04. The second-order valence-electron chi connectivity index (χ2n) is 3.39. The number of carbonyl (C=O) groups is 1. The van der Waals surface area contributed by atoms with E-state index in [-0.39, 0.29) is 5.91 Å². The van der Waals surface area contributed by atoms with Crippen LogP contribution in [0.25, 0.3) is 0 Å². The summed E-state index contributed by atoms with van der Waals surface area (Å²) in [4.78, 5) is 11.8. The molecule has 0 saturated carbocycles. The van der Waals surface area contributed by atoms with Crippen LogP contribution in [0.3, 0.4) is 0 Å². The number of hydrogen-bond acceptors (Lipinski definition) is 1. The van der Waals surface area contributed by atoms with Crippen molar-refractivity contribution in [2.75, 3.05) is 33.7 Å². The number of carbonyl (C=O) groups excluding carboxylic acids is 1. The number of hydrogen-bond donors (Lipinski definition) is 3. The van der Waals surface area contributed by atoms with Crippen molar-refractivity contribution >= 4 is 5.91 Å². The first-order chi connectivity index (χ1) is 5.63. The predicted molar refractivity (Wildman–Crippen MR) is 47.8 cm³/mol. The first-order valence-electron chi connectivity index (χ1n) is 4.52. The lowest BCUT2D eigenvalue weighted by Gasteiger charge is -2.05. The molecule has 0 aromatic heterocycles. The zero-order valence-corrected chi connectivity index (χ0v) is 8.10. The van der Waals surface area contributed by atoms with E-state index in [9.17, 15) is 4.79 Å². The van der Waals surface area contributed by atoms with Crippen LogP contribution >= 0.6 is 0 Å². The summed E-state index contributed by atoms with van der Waals surface area (Å²) in [6.45, 7) is 3.11. The molecule has 4 heteroatoms. The van der Waals surface area contributed by atoms with Gasteiger partial charge in [0.15, 0.2) is 0 Å². The van der Waals surface area contributed by atoms with Gasteiger partial charge in [0, 0.05) is 6.42 Å². The lowest BCUT2D eigenvalue weighted by Crippen LogP contribution is -3.06. The van der Waals surface area contributed by atoms with Gasteiger partial charge in [-0.2, -0.15) is 0 Å². The van der Waals surface area contributed by atoms with Crippen molar-refractivity contribution in [1.29, 1.82) is 0 Å². The fourth-order valence-corrected chi connectivity index (χ4v) is 0.989. The van der Waals surface area contributed by atoms with Crippen molar-refractivity contribution in [1.82, 2.24) is 0 Å². The molecule has 0 saturated heterocycles. The molecule has 0 radical (unpaired) electrons. The Morgan fingerprint density at radius 2 is 2.08 bits per heavy atom. The Morgan fingerprint density at radius 3 is 2.58 bits per heavy atom. The molecule has 72 valence electrons. The number of amides is 1. The van der Waals surface area contributed by atoms with E-state index >= 15 is 0 Å². The van der Waals surface area contributed by atoms with Crippen LogP contribution in [-0.4, -0.2) is 39.6 Å². The Morgan fingerprint density at radius 1 is 1.42 bits per heavy atom. The third kappa shape index (κ3) is 9.39. The molecule has 0 unspecified atom stereocenters. The van der Waals surface area contributed by atoms with E-state index in [1.807, 2.05) is 0 Å². The Labute approximate surface area is 74.1 Å². The van der Waals surface area contributed by atoms with Gasteiger partial charge in [0.05, 0.1) is 40.2 Å². The van der Waals surface area contributed by atoms with Crippen LogP contribution in [0.4, 0.5) is 0 Å². The highest BCUT2D eigenvalue weighted by Gasteiger charge is 1.97. The van der Waals surface area contributed by atoms with E-state index in [4.69, 9.17) is 5.73 Å². The number of quaternary nitrogens is 2. The van der Waals surface area contributed by atoms with Crippen molar-refractivity contribution in [3.63, 3.8) is 0 Å². The van der Waals surface area contributed by atoms with Crippen molar-refractivity contribution in [2.45, 2.75) is 12.8 Å². The summed E-state index contributed by atoms with van der Waals surface area (Å²) in [6.07, 6.45) is 1.69. The highest BCUT2D eigenvalue weighted by molar-refractivity contribution is 5.73. The molecule has 1 amide bonds. The first-order valence-corrected chi connectivity index (χ1v) is 4.52. The summed E-state index contributed by atoms with van der Waals surface area (Å²) < 4.78 is 0. The van der Waals surface area contributed by atoms with Crippen LogP contribution in [0.5, 0.6) is 0 Å². The van der Waals surface area contributed by atoms with E-state index in [1.54, 1.807) is 0 Å². The molecule has 0 fully saturated rings. The molecule has 0 atom stereocenters. The summed E-state index contributed by atoms with van der Waals surface area (Å²) >= 11 is 0. The molecule has 5 N–H and O–H groups in total. The van der Waals surface area contributed by atoms with Gasteiger partial charge in [-0.25, -0.2) is 0 Å². The molecule has 12 heavy (non-hydrogen) atoms. The van der Waals surface area contributed by atoms with Crippen LogP contribution < -0.4 is 16.0 Å². The van der Waals surface area contributed by atoms with Crippen LogP contribution in [0.15, 0.2) is 0 Å². The molecule has 0 aromatic rings. The monoisotopic (exact) mass is 175 g/mol. The fourth-order valence-electron chi connectivity index (χ4n) is 0.989. The van der Waals surface area contributed by atoms with Gasteiger partial charge in [-0.3, -0.25) is 4.79 Å². The molecule has 4 nitrogen and oxygen atoms in total. The van der Waals surface area contributed by atoms with Crippen molar-refractivity contribution in [3.8, 4) is 0 Å². The van der Waals surface area contributed by atoms with Crippen molar-refractivity contribution in [3.05, 3.63) is 0 Å². The summed E-state index contributed by atoms with van der Waals surface area (Å²) in [7, 11) is 4.28. The lowest BCUT2D eigenvalue weighted by atomic mass is 10.3. The fraction of sp³-hybridized carbons (Fsp3) is 0.875. The summed E-state index contributed by atoms with van der Waals surface area (Å²) in [5.74, 6) is -0.204. The third-order valence-corrected chi connectivity index (χ3v) is 1.68. The minimum absolute atomic E-state index is 0.204. The largest absolute Gasteiger partial charge is 0.369 e. The van der Waals surface area contributed by atoms with Gasteiger partial charge in [0.1, 0.15) is 0 Å². The third-order valence-electron chi connectivity index (χ3n) is 1.68. The van der Waals surface area contributed by atoms with E-state index < -0.39 is 0 Å². The summed E-state index contributed by atoms with van der Waals surface area (Å²) in [5, 5.41) is 2.15. The molecule has 0 heterocycles. The van der Waals surface area contributed by atoms with Gasteiger partial charge in [0.2, 0.25) is 5.91 Å². The molecule has 0 bridgehead atoms. The zero-order chi connectivity index (χ0) is 9.40. The lowest BCUT2D eigenvalue weighted by molar-refractivity contribution is -0.860. The maximum Gasteiger partial charge on any atom is 0.223 e. The number of nitrogens with one attached hydrogen (secondary N) is 1. The van der Waals surface area contributed by atoms with Gasteiger partial charge >= 0.3 is 0 Å². The number of rotatable bonds is 7. The second-order valence-corrected chi connectivity index (χ2v) is 3.39. The van der Waals surface area contributed by atoms with Crippen molar-refractivity contribution in [2.24, 2.45) is 5.73 Å². The standard InChI is InChI=1S/C8H19N3O/c1-11(2)7-3-5-10-6-4-8(9)12/h10H,3-7H2,1-2H3,(H2,9,12)/p+2. The normalized spacial score (nSPS) is 10.6. The van der Waals surface area contributed by atoms with Gasteiger partial charge in [-0.15, -0.1) is 0 Å². The average Bonchev–Trinajstić information content (AvgIpc) is 1.95. The Bertz CT molecular complexity index is 125. The van der Waals surface area contributed by atoms with Crippen LogP contribution in [-0.2, 0) is 4.79 Å². The zero-order valence-electron chi connectivity index (χ0n) is 8.10. The Kier molecular flexibility index (Phi) is 6.70. The van der Waals surface area contributed by atoms with Crippen molar-refractivity contribution < 1.29 is 15.0 Å². The minimum Gasteiger partial charge on any atom is -0.369 e. The van der Waals surface area contributed by atoms with Gasteiger partial charge in [-0.1, -0.05) is 0 Å². The Balaban J connectivity index is 2.96. The minimum atomic E-state index is -0.204. The molecule has 0 aliphatic rings. The van der Waals surface area contributed by atoms with E-state index in [2.05, 4.69) is 19.4 Å². The van der Waals surface area contributed by atoms with Gasteiger partial charge in [0.25, 0.3) is 0 Å². The number of primary amides is 1. The van der Waals surface area contributed by atoms with Crippen LogP contribution in [0.2, 0.25) is 0 Å². The van der Waals surface area contributed by atoms with Crippen LogP contribution in [0, 0.1) is 0 Å².